The van der Waals surface area contributed by atoms with Gasteiger partial charge < -0.3 is 0 Å². The van der Waals surface area contributed by atoms with E-state index in [1.165, 1.54) is 68.9 Å². The molecule has 1 aliphatic rings. The van der Waals surface area contributed by atoms with Crippen LogP contribution in [0.5, 0.6) is 0 Å². The molecule has 0 heterocycles. The van der Waals surface area contributed by atoms with Gasteiger partial charge >= 0.3 is 0 Å². The van der Waals surface area contributed by atoms with Crippen LogP contribution in [0.25, 0.3) is 0 Å². The fourth-order valence-electron chi connectivity index (χ4n) is 4.16. The number of rotatable bonds is 9. The van der Waals surface area contributed by atoms with Crippen molar-refractivity contribution in [2.75, 3.05) is 0 Å². The lowest BCUT2D eigenvalue weighted by Gasteiger charge is -2.35. The molecule has 0 saturated heterocycles. The summed E-state index contributed by atoms with van der Waals surface area (Å²) in [6.45, 7) is 4.51. The lowest BCUT2D eigenvalue weighted by molar-refractivity contribution is 0.261. The lowest BCUT2D eigenvalue weighted by Crippen LogP contribution is -2.30. The van der Waals surface area contributed by atoms with E-state index in [4.69, 9.17) is 0 Å². The normalized spacial score (nSPS) is 23.8. The van der Waals surface area contributed by atoms with Gasteiger partial charge in [0.2, 0.25) is 0 Å². The SMILES string of the molecule is CCCCCCC1CCC(C#N)(c2ccc(CCCC)cc2)CC1. The smallest absolute Gasteiger partial charge is 0.0822 e. The van der Waals surface area contributed by atoms with Crippen LogP contribution in [0.15, 0.2) is 24.3 Å². The lowest BCUT2D eigenvalue weighted by atomic mass is 9.66. The molecule has 0 radical (unpaired) electrons. The topological polar surface area (TPSA) is 23.8 Å². The van der Waals surface area contributed by atoms with E-state index < -0.39 is 0 Å². The van der Waals surface area contributed by atoms with Crippen molar-refractivity contribution in [3.63, 3.8) is 0 Å². The molecule has 0 aliphatic heterocycles. The van der Waals surface area contributed by atoms with Crippen LogP contribution < -0.4 is 0 Å². The molecule has 1 nitrogen and oxygen atoms in total. The number of nitriles is 1. The number of hydrogen-bond acceptors (Lipinski definition) is 1. The van der Waals surface area contributed by atoms with Crippen LogP contribution in [-0.2, 0) is 11.8 Å². The fraction of sp³-hybridized carbons (Fsp3) is 0.696. The third kappa shape index (κ3) is 5.10. The highest BCUT2D eigenvalue weighted by Gasteiger charge is 2.36. The summed E-state index contributed by atoms with van der Waals surface area (Å²) in [5.41, 5.74) is 2.46. The zero-order valence-corrected chi connectivity index (χ0v) is 15.8. The minimum atomic E-state index is -0.219. The van der Waals surface area contributed by atoms with E-state index in [1.807, 2.05) is 0 Å². The highest BCUT2D eigenvalue weighted by atomic mass is 14.4. The number of nitrogens with zero attached hydrogens (tertiary/aromatic N) is 1. The Balaban J connectivity index is 1.90. The third-order valence-electron chi connectivity index (χ3n) is 5.96. The molecule has 0 atom stereocenters. The van der Waals surface area contributed by atoms with E-state index >= 15 is 0 Å². The summed E-state index contributed by atoms with van der Waals surface area (Å²) in [6.07, 6.45) is 15.1. The molecule has 0 unspecified atom stereocenters. The minimum absolute atomic E-state index is 0.219. The molecular weight excluding hydrogens is 290 g/mol. The van der Waals surface area contributed by atoms with Crippen molar-refractivity contribution < 1.29 is 0 Å². The highest BCUT2D eigenvalue weighted by molar-refractivity contribution is 5.35. The molecule has 0 aromatic heterocycles. The summed E-state index contributed by atoms with van der Waals surface area (Å²) in [5, 5.41) is 9.89. The molecule has 2 rings (SSSR count). The zero-order chi connectivity index (χ0) is 17.3. The Morgan fingerprint density at radius 3 is 2.21 bits per heavy atom. The first-order chi connectivity index (χ1) is 11.7. The van der Waals surface area contributed by atoms with Crippen molar-refractivity contribution in [2.24, 2.45) is 5.92 Å². The van der Waals surface area contributed by atoms with E-state index in [1.54, 1.807) is 0 Å². The van der Waals surface area contributed by atoms with E-state index in [0.717, 1.165) is 25.2 Å². The van der Waals surface area contributed by atoms with Gasteiger partial charge in [0.25, 0.3) is 0 Å². The van der Waals surface area contributed by atoms with Crippen LogP contribution in [0.4, 0.5) is 0 Å². The Morgan fingerprint density at radius 1 is 0.958 bits per heavy atom. The Hall–Kier alpha value is -1.29. The first kappa shape index (κ1) is 19.0. The maximum Gasteiger partial charge on any atom is 0.0822 e. The van der Waals surface area contributed by atoms with Crippen LogP contribution in [0.2, 0.25) is 0 Å². The average molecular weight is 326 g/mol. The average Bonchev–Trinajstić information content (AvgIpc) is 2.64. The van der Waals surface area contributed by atoms with Crippen molar-refractivity contribution in [1.29, 1.82) is 5.26 Å². The van der Waals surface area contributed by atoms with Gasteiger partial charge in [0, 0.05) is 0 Å². The van der Waals surface area contributed by atoms with Gasteiger partial charge in [-0.1, -0.05) is 76.6 Å². The van der Waals surface area contributed by atoms with Crippen molar-refractivity contribution in [3.05, 3.63) is 35.4 Å². The number of unbranched alkanes of at least 4 members (excludes halogenated alkanes) is 4. The van der Waals surface area contributed by atoms with Gasteiger partial charge in [-0.05, 0) is 55.6 Å². The summed E-state index contributed by atoms with van der Waals surface area (Å²) < 4.78 is 0. The van der Waals surface area contributed by atoms with Crippen LogP contribution in [0, 0.1) is 17.2 Å². The van der Waals surface area contributed by atoms with E-state index in [9.17, 15) is 5.26 Å². The van der Waals surface area contributed by atoms with E-state index in [-0.39, 0.29) is 5.41 Å². The van der Waals surface area contributed by atoms with E-state index in [0.29, 0.717) is 0 Å². The monoisotopic (exact) mass is 325 g/mol. The number of aryl methyl sites for hydroxylation is 1. The van der Waals surface area contributed by atoms with Gasteiger partial charge in [0.05, 0.1) is 11.5 Å². The first-order valence-electron chi connectivity index (χ1n) is 10.2. The van der Waals surface area contributed by atoms with Crippen molar-refractivity contribution in [1.82, 2.24) is 0 Å². The largest absolute Gasteiger partial charge is 0.197 e. The third-order valence-corrected chi connectivity index (χ3v) is 5.96. The second kappa shape index (κ2) is 9.87. The zero-order valence-electron chi connectivity index (χ0n) is 15.8. The van der Waals surface area contributed by atoms with Crippen LogP contribution in [0.1, 0.15) is 95.6 Å². The predicted molar refractivity (Wildman–Crippen MR) is 103 cm³/mol. The Bertz CT molecular complexity index is 500. The quantitative estimate of drug-likeness (QED) is 0.450. The van der Waals surface area contributed by atoms with Gasteiger partial charge in [0.1, 0.15) is 0 Å². The number of benzene rings is 1. The van der Waals surface area contributed by atoms with E-state index in [2.05, 4.69) is 44.2 Å². The molecule has 1 saturated carbocycles. The molecular formula is C23H35N. The Kier molecular flexibility index (Phi) is 7.83. The molecule has 1 aromatic rings. The molecule has 0 amide bonds. The summed E-state index contributed by atoms with van der Waals surface area (Å²) in [5.74, 6) is 0.854. The molecule has 0 N–H and O–H groups in total. The van der Waals surface area contributed by atoms with Gasteiger partial charge in [-0.3, -0.25) is 0 Å². The minimum Gasteiger partial charge on any atom is -0.197 e. The van der Waals surface area contributed by atoms with Crippen molar-refractivity contribution in [2.45, 2.75) is 96.3 Å². The van der Waals surface area contributed by atoms with Crippen LogP contribution in [-0.4, -0.2) is 0 Å². The van der Waals surface area contributed by atoms with Crippen molar-refractivity contribution >= 4 is 0 Å². The molecule has 1 aliphatic carbocycles. The van der Waals surface area contributed by atoms with Gasteiger partial charge in [-0.15, -0.1) is 0 Å². The Morgan fingerprint density at radius 2 is 1.62 bits per heavy atom. The summed E-state index contributed by atoms with van der Waals surface area (Å²) in [6, 6.07) is 11.7. The molecule has 1 heteroatoms. The molecule has 132 valence electrons. The van der Waals surface area contributed by atoms with Crippen LogP contribution >= 0.6 is 0 Å². The predicted octanol–water partition coefficient (Wildman–Crippen LogP) is 6.95. The molecule has 1 aromatic carbocycles. The second-order valence-electron chi connectivity index (χ2n) is 7.79. The summed E-state index contributed by atoms with van der Waals surface area (Å²) in [4.78, 5) is 0. The van der Waals surface area contributed by atoms with Gasteiger partial charge in [-0.25, -0.2) is 0 Å². The standard InChI is InChI=1S/C23H35N/c1-3-5-7-8-10-21-15-17-23(19-24,18-16-21)22-13-11-20(12-14-22)9-6-4-2/h11-14,21H,3-10,15-18H2,1-2H3. The molecule has 0 bridgehead atoms. The summed E-state index contributed by atoms with van der Waals surface area (Å²) in [7, 11) is 0. The molecule has 1 fully saturated rings. The Labute approximate surface area is 149 Å². The maximum atomic E-state index is 9.89. The molecule has 0 spiro atoms. The van der Waals surface area contributed by atoms with Gasteiger partial charge in [0.15, 0.2) is 0 Å². The highest BCUT2D eigenvalue weighted by Crippen LogP contribution is 2.42. The summed E-state index contributed by atoms with van der Waals surface area (Å²) >= 11 is 0. The first-order valence-corrected chi connectivity index (χ1v) is 10.2. The number of hydrogen-bond donors (Lipinski definition) is 0. The van der Waals surface area contributed by atoms with Crippen LogP contribution in [0.3, 0.4) is 0 Å². The molecule has 24 heavy (non-hydrogen) atoms. The van der Waals surface area contributed by atoms with Crippen molar-refractivity contribution in [3.8, 4) is 6.07 Å². The van der Waals surface area contributed by atoms with Gasteiger partial charge in [-0.2, -0.15) is 5.26 Å². The second-order valence-corrected chi connectivity index (χ2v) is 7.79. The maximum absolute atomic E-state index is 9.89. The fourth-order valence-corrected chi connectivity index (χ4v) is 4.16.